The Hall–Kier alpha value is -1.14. The van der Waals surface area contributed by atoms with Crippen LogP contribution < -0.4 is 5.32 Å². The van der Waals surface area contributed by atoms with E-state index in [0.717, 1.165) is 10.5 Å². The molecule has 2 N–H and O–H groups in total. The third-order valence-corrected chi connectivity index (χ3v) is 4.12. The predicted octanol–water partition coefficient (Wildman–Crippen LogP) is 2.26. The highest BCUT2D eigenvalue weighted by Crippen LogP contribution is 2.18. The van der Waals surface area contributed by atoms with Crippen LogP contribution in [0.15, 0.2) is 23.1 Å². The van der Waals surface area contributed by atoms with Crippen molar-refractivity contribution in [2.24, 2.45) is 0 Å². The number of hydrogen-bond acceptors (Lipinski definition) is 4. The second-order valence-electron chi connectivity index (χ2n) is 3.88. The van der Waals surface area contributed by atoms with Crippen molar-refractivity contribution in [1.82, 2.24) is 5.32 Å². The third kappa shape index (κ3) is 5.57. The van der Waals surface area contributed by atoms with E-state index < -0.39 is 5.97 Å². The molecule has 0 heterocycles. The van der Waals surface area contributed by atoms with E-state index in [1.807, 2.05) is 31.4 Å². The lowest BCUT2D eigenvalue weighted by Gasteiger charge is -2.08. The minimum absolute atomic E-state index is 0.0663. The van der Waals surface area contributed by atoms with Crippen LogP contribution in [0.3, 0.4) is 0 Å². The molecule has 4 nitrogen and oxygen atoms in total. The van der Waals surface area contributed by atoms with Crippen molar-refractivity contribution in [2.45, 2.75) is 11.8 Å². The summed E-state index contributed by atoms with van der Waals surface area (Å²) in [6.07, 6.45) is 1.97. The average molecular weight is 299 g/mol. The van der Waals surface area contributed by atoms with Gasteiger partial charge < -0.3 is 10.4 Å². The number of rotatable bonds is 7. The summed E-state index contributed by atoms with van der Waals surface area (Å²) in [4.78, 5) is 23.4. The zero-order valence-corrected chi connectivity index (χ0v) is 12.6. The predicted molar refractivity (Wildman–Crippen MR) is 80.3 cm³/mol. The highest BCUT2D eigenvalue weighted by molar-refractivity contribution is 7.99. The number of aliphatic carboxylic acids is 1. The van der Waals surface area contributed by atoms with Crippen LogP contribution in [0.2, 0.25) is 0 Å². The fraction of sp³-hybridized carbons (Fsp3) is 0.385. The maximum Gasteiger partial charge on any atom is 0.313 e. The summed E-state index contributed by atoms with van der Waals surface area (Å²) < 4.78 is 0. The van der Waals surface area contributed by atoms with E-state index in [4.69, 9.17) is 5.11 Å². The molecule has 6 heteroatoms. The molecule has 0 atom stereocenters. The van der Waals surface area contributed by atoms with Gasteiger partial charge in [-0.05, 0) is 30.9 Å². The molecule has 19 heavy (non-hydrogen) atoms. The van der Waals surface area contributed by atoms with E-state index in [2.05, 4.69) is 5.32 Å². The van der Waals surface area contributed by atoms with Crippen molar-refractivity contribution in [3.8, 4) is 0 Å². The fourth-order valence-corrected chi connectivity index (χ4v) is 2.47. The SMILES string of the molecule is CSc1ccc(C)c(C(=O)NCCSCC(=O)O)c1. The van der Waals surface area contributed by atoms with Crippen LogP contribution in [0.25, 0.3) is 0 Å². The molecule has 0 saturated carbocycles. The Bertz CT molecular complexity index is 463. The summed E-state index contributed by atoms with van der Waals surface area (Å²) in [6, 6.07) is 5.79. The highest BCUT2D eigenvalue weighted by atomic mass is 32.2. The largest absolute Gasteiger partial charge is 0.481 e. The molecule has 1 aromatic rings. The minimum Gasteiger partial charge on any atom is -0.481 e. The van der Waals surface area contributed by atoms with E-state index in [0.29, 0.717) is 17.9 Å². The van der Waals surface area contributed by atoms with Crippen molar-refractivity contribution < 1.29 is 14.7 Å². The van der Waals surface area contributed by atoms with Crippen LogP contribution in [0, 0.1) is 6.92 Å². The first kappa shape index (κ1) is 15.9. The number of thioether (sulfide) groups is 2. The third-order valence-electron chi connectivity index (χ3n) is 2.45. The number of amides is 1. The van der Waals surface area contributed by atoms with Gasteiger partial charge in [-0.3, -0.25) is 9.59 Å². The van der Waals surface area contributed by atoms with Crippen LogP contribution in [0.4, 0.5) is 0 Å². The van der Waals surface area contributed by atoms with Gasteiger partial charge in [-0.25, -0.2) is 0 Å². The Labute approximate surface area is 121 Å². The molecule has 0 fully saturated rings. The van der Waals surface area contributed by atoms with Gasteiger partial charge in [-0.1, -0.05) is 6.07 Å². The lowest BCUT2D eigenvalue weighted by molar-refractivity contribution is -0.133. The van der Waals surface area contributed by atoms with Gasteiger partial charge in [0.1, 0.15) is 0 Å². The summed E-state index contributed by atoms with van der Waals surface area (Å²) in [6.45, 7) is 2.37. The second-order valence-corrected chi connectivity index (χ2v) is 5.87. The zero-order valence-electron chi connectivity index (χ0n) is 10.9. The quantitative estimate of drug-likeness (QED) is 0.597. The Morgan fingerprint density at radius 3 is 2.74 bits per heavy atom. The number of carboxylic acids is 1. The van der Waals surface area contributed by atoms with Gasteiger partial charge in [-0.2, -0.15) is 0 Å². The molecule has 0 spiro atoms. The molecular formula is C13H17NO3S2. The van der Waals surface area contributed by atoms with Gasteiger partial charge in [-0.15, -0.1) is 23.5 Å². The number of nitrogens with one attached hydrogen (secondary N) is 1. The van der Waals surface area contributed by atoms with Crippen LogP contribution in [0.1, 0.15) is 15.9 Å². The topological polar surface area (TPSA) is 66.4 Å². The minimum atomic E-state index is -0.833. The maximum absolute atomic E-state index is 12.0. The number of carboxylic acid groups (broad SMARTS) is 1. The van der Waals surface area contributed by atoms with Crippen molar-refractivity contribution >= 4 is 35.4 Å². The molecule has 1 aromatic carbocycles. The highest BCUT2D eigenvalue weighted by Gasteiger charge is 2.09. The number of carbonyl (C=O) groups excluding carboxylic acids is 1. The monoisotopic (exact) mass is 299 g/mol. The van der Waals surface area contributed by atoms with E-state index in [1.165, 1.54) is 11.8 Å². The van der Waals surface area contributed by atoms with Crippen molar-refractivity contribution in [1.29, 1.82) is 0 Å². The Morgan fingerprint density at radius 2 is 2.11 bits per heavy atom. The van der Waals surface area contributed by atoms with E-state index in [9.17, 15) is 9.59 Å². The number of benzene rings is 1. The van der Waals surface area contributed by atoms with Crippen molar-refractivity contribution in [3.63, 3.8) is 0 Å². The molecule has 0 unspecified atom stereocenters. The molecular weight excluding hydrogens is 282 g/mol. The molecule has 0 aliphatic heterocycles. The molecule has 0 saturated heterocycles. The summed E-state index contributed by atoms with van der Waals surface area (Å²) in [5.74, 6) is -0.278. The first-order valence-electron chi connectivity index (χ1n) is 5.77. The molecule has 104 valence electrons. The lowest BCUT2D eigenvalue weighted by atomic mass is 10.1. The van der Waals surface area contributed by atoms with E-state index in [1.54, 1.807) is 11.8 Å². The van der Waals surface area contributed by atoms with Crippen molar-refractivity contribution in [2.75, 3.05) is 24.3 Å². The molecule has 1 amide bonds. The fourth-order valence-electron chi connectivity index (χ4n) is 1.46. The Kier molecular flexibility index (Phi) is 6.80. The van der Waals surface area contributed by atoms with Crippen molar-refractivity contribution in [3.05, 3.63) is 29.3 Å². The van der Waals surface area contributed by atoms with E-state index in [-0.39, 0.29) is 11.7 Å². The van der Waals surface area contributed by atoms with Crippen LogP contribution in [0.5, 0.6) is 0 Å². The molecule has 0 aliphatic rings. The Morgan fingerprint density at radius 1 is 1.37 bits per heavy atom. The van der Waals surface area contributed by atoms with Gasteiger partial charge >= 0.3 is 5.97 Å². The van der Waals surface area contributed by atoms with Gasteiger partial charge in [0.25, 0.3) is 5.91 Å². The number of aryl methyl sites for hydroxylation is 1. The summed E-state index contributed by atoms with van der Waals surface area (Å²) >= 11 is 2.89. The number of carbonyl (C=O) groups is 2. The second kappa shape index (κ2) is 8.12. The van der Waals surface area contributed by atoms with Crippen LogP contribution in [-0.2, 0) is 4.79 Å². The van der Waals surface area contributed by atoms with Gasteiger partial charge in [0.05, 0.1) is 5.75 Å². The normalized spacial score (nSPS) is 10.2. The molecule has 0 radical (unpaired) electrons. The van der Waals surface area contributed by atoms with E-state index >= 15 is 0 Å². The lowest BCUT2D eigenvalue weighted by Crippen LogP contribution is -2.26. The molecule has 1 rings (SSSR count). The van der Waals surface area contributed by atoms with Gasteiger partial charge in [0.15, 0.2) is 0 Å². The molecule has 0 aromatic heterocycles. The first-order valence-corrected chi connectivity index (χ1v) is 8.15. The maximum atomic E-state index is 12.0. The summed E-state index contributed by atoms with van der Waals surface area (Å²) in [5, 5.41) is 11.3. The average Bonchev–Trinajstić information content (AvgIpc) is 2.38. The summed E-state index contributed by atoms with van der Waals surface area (Å²) in [5.41, 5.74) is 1.61. The van der Waals surface area contributed by atoms with Gasteiger partial charge in [0.2, 0.25) is 0 Å². The number of hydrogen-bond donors (Lipinski definition) is 2. The Balaban J connectivity index is 2.47. The molecule has 0 aliphatic carbocycles. The van der Waals surface area contributed by atoms with Crippen LogP contribution >= 0.6 is 23.5 Å². The van der Waals surface area contributed by atoms with Crippen LogP contribution in [-0.4, -0.2) is 41.3 Å². The molecule has 0 bridgehead atoms. The van der Waals surface area contributed by atoms with Gasteiger partial charge in [0, 0.05) is 22.8 Å². The first-order chi connectivity index (χ1) is 9.04. The standard InChI is InChI=1S/C13H17NO3S2/c1-9-3-4-10(18-2)7-11(9)13(17)14-5-6-19-8-12(15)16/h3-4,7H,5-6,8H2,1-2H3,(H,14,17)(H,15,16). The smallest absolute Gasteiger partial charge is 0.313 e. The zero-order chi connectivity index (χ0) is 14.3. The summed E-state index contributed by atoms with van der Waals surface area (Å²) in [7, 11) is 0.